The van der Waals surface area contributed by atoms with Crippen LogP contribution in [0.4, 0.5) is 0 Å². The number of nitrogens with two attached hydrogens (primary N) is 1. The van der Waals surface area contributed by atoms with E-state index in [0.717, 1.165) is 22.2 Å². The zero-order chi connectivity index (χ0) is 17.8. The van der Waals surface area contributed by atoms with Gasteiger partial charge in [-0.3, -0.25) is 0 Å². The molecule has 23 heavy (non-hydrogen) atoms. The lowest BCUT2D eigenvalue weighted by Gasteiger charge is -2.42. The fraction of sp³-hybridized carbons (Fsp3) is 0.684. The van der Waals surface area contributed by atoms with Crippen molar-refractivity contribution in [1.82, 2.24) is 0 Å². The third kappa shape index (κ3) is 4.62. The quantitative estimate of drug-likeness (QED) is 0.602. The Labute approximate surface area is 148 Å². The van der Waals surface area contributed by atoms with Crippen LogP contribution in [0.1, 0.15) is 54.0 Å². The second-order valence-corrected chi connectivity index (χ2v) is 16.4. The molecule has 0 aromatic heterocycles. The Bertz CT molecular complexity index is 461. The first-order chi connectivity index (χ1) is 10.6. The van der Waals surface area contributed by atoms with Gasteiger partial charge in [-0.1, -0.05) is 53.7 Å². The Morgan fingerprint density at radius 2 is 1.43 bits per heavy atom. The molecule has 4 heteroatoms. The van der Waals surface area contributed by atoms with Crippen LogP contribution in [-0.2, 0) is 10.3 Å². The van der Waals surface area contributed by atoms with Crippen molar-refractivity contribution in [2.45, 2.75) is 75.5 Å². The van der Waals surface area contributed by atoms with Gasteiger partial charge in [-0.25, -0.2) is 0 Å². The maximum absolute atomic E-state index is 6.35. The summed E-state index contributed by atoms with van der Waals surface area (Å²) in [6.45, 7) is 17.0. The van der Waals surface area contributed by atoms with Crippen LogP contribution in [0.5, 0.6) is 0 Å². The van der Waals surface area contributed by atoms with Crippen LogP contribution in [0.25, 0.3) is 0 Å². The molecule has 1 rings (SSSR count). The van der Waals surface area contributed by atoms with Crippen LogP contribution in [0.3, 0.4) is 0 Å². The van der Waals surface area contributed by atoms with Gasteiger partial charge in [0.1, 0.15) is 7.22 Å². The second-order valence-electron chi connectivity index (χ2n) is 7.79. The van der Waals surface area contributed by atoms with E-state index < -0.39 is 12.8 Å². The van der Waals surface area contributed by atoms with Gasteiger partial charge in [-0.05, 0) is 41.2 Å². The summed E-state index contributed by atoms with van der Waals surface area (Å²) in [4.78, 5) is 1.38. The smallest absolute Gasteiger partial charge is 0.131 e. The van der Waals surface area contributed by atoms with Gasteiger partial charge in [0.15, 0.2) is 0 Å². The van der Waals surface area contributed by atoms with Crippen molar-refractivity contribution in [3.8, 4) is 0 Å². The highest BCUT2D eigenvalue weighted by atomic mass is 32.4. The van der Waals surface area contributed by atoms with Crippen LogP contribution in [0.15, 0.2) is 29.2 Å². The highest BCUT2D eigenvalue weighted by Crippen LogP contribution is 2.51. The van der Waals surface area contributed by atoms with Crippen molar-refractivity contribution in [3.05, 3.63) is 29.8 Å². The average molecular weight is 354 g/mol. The van der Waals surface area contributed by atoms with E-state index in [1.54, 1.807) is 7.11 Å². The molecule has 132 valence electrons. The minimum Gasteiger partial charge on any atom is -0.382 e. The average Bonchev–Trinajstić information content (AvgIpc) is 2.44. The molecular formula is C19H35NOSSi. The van der Waals surface area contributed by atoms with E-state index in [0.29, 0.717) is 6.61 Å². The largest absolute Gasteiger partial charge is 0.382 e. The molecule has 0 bridgehead atoms. The number of hydrogen-bond acceptors (Lipinski definition) is 3. The Morgan fingerprint density at radius 1 is 1.00 bits per heavy atom. The molecule has 1 aromatic rings. The zero-order valence-electron chi connectivity index (χ0n) is 16.1. The maximum Gasteiger partial charge on any atom is 0.131 e. The van der Waals surface area contributed by atoms with Crippen molar-refractivity contribution < 1.29 is 4.74 Å². The highest BCUT2D eigenvalue weighted by molar-refractivity contribution is 8.29. The zero-order valence-corrected chi connectivity index (χ0v) is 18.0. The summed E-state index contributed by atoms with van der Waals surface area (Å²) >= 11 is 2.16. The molecule has 0 saturated carbocycles. The van der Waals surface area contributed by atoms with Crippen molar-refractivity contribution in [2.75, 3.05) is 13.7 Å². The van der Waals surface area contributed by atoms with Gasteiger partial charge in [0.2, 0.25) is 0 Å². The van der Waals surface area contributed by atoms with Gasteiger partial charge in [0.05, 0.1) is 12.1 Å². The van der Waals surface area contributed by atoms with Gasteiger partial charge in [-0.15, -0.1) is 0 Å². The van der Waals surface area contributed by atoms with Crippen molar-refractivity contribution in [3.63, 3.8) is 0 Å². The van der Waals surface area contributed by atoms with E-state index in [-0.39, 0.29) is 0 Å². The predicted octanol–water partition coefficient (Wildman–Crippen LogP) is 5.77. The molecule has 0 saturated heterocycles. The topological polar surface area (TPSA) is 35.2 Å². The molecule has 0 fully saturated rings. The molecule has 1 aromatic carbocycles. The summed E-state index contributed by atoms with van der Waals surface area (Å²) in [5.74, 6) is 0. The third-order valence-corrected chi connectivity index (χ3v) is 17.2. The minimum atomic E-state index is -1.49. The highest BCUT2D eigenvalue weighted by Gasteiger charge is 2.44. The molecule has 1 atom stereocenters. The molecule has 0 amide bonds. The monoisotopic (exact) mass is 353 g/mol. The summed E-state index contributed by atoms with van der Waals surface area (Å²) in [6.07, 6.45) is 0. The first-order valence-electron chi connectivity index (χ1n) is 8.65. The SMILES string of the molecule is COCC(C)(N)c1ccc(S[Si](C(C)C)(C(C)C)C(C)C)cc1. The molecule has 0 spiro atoms. The van der Waals surface area contributed by atoms with E-state index in [1.165, 1.54) is 4.90 Å². The first kappa shape index (κ1) is 20.8. The summed E-state index contributed by atoms with van der Waals surface area (Å²) in [7, 11) is 0.211. The van der Waals surface area contributed by atoms with Crippen molar-refractivity contribution in [1.29, 1.82) is 0 Å². The normalized spacial score (nSPS) is 15.5. The Hall–Kier alpha value is -0.293. The molecule has 0 heterocycles. The van der Waals surface area contributed by atoms with E-state index in [2.05, 4.69) is 77.0 Å². The maximum atomic E-state index is 6.35. The Kier molecular flexibility index (Phi) is 7.39. The summed E-state index contributed by atoms with van der Waals surface area (Å²) < 4.78 is 5.24. The van der Waals surface area contributed by atoms with Crippen LogP contribution < -0.4 is 5.73 Å². The standard InChI is InChI=1S/C19H35NOSSi/c1-14(2)23(15(3)4,16(5)6)22-18-11-9-17(10-12-18)19(7,20)13-21-8/h9-12,14-16H,13,20H2,1-8H3. The molecule has 0 aliphatic rings. The van der Waals surface area contributed by atoms with Crippen LogP contribution in [-0.4, -0.2) is 20.9 Å². The molecule has 2 N–H and O–H groups in total. The Balaban J connectivity index is 3.08. The van der Waals surface area contributed by atoms with Crippen molar-refractivity contribution >= 4 is 18.4 Å². The fourth-order valence-electron chi connectivity index (χ4n) is 3.84. The number of ether oxygens (including phenoxy) is 1. The van der Waals surface area contributed by atoms with Crippen molar-refractivity contribution in [2.24, 2.45) is 5.73 Å². The number of hydrogen-bond donors (Lipinski definition) is 1. The number of methoxy groups -OCH3 is 1. The number of rotatable bonds is 8. The molecule has 0 aliphatic heterocycles. The first-order valence-corrected chi connectivity index (χ1v) is 12.4. The summed E-state index contributed by atoms with van der Waals surface area (Å²) in [6, 6.07) is 8.83. The van der Waals surface area contributed by atoms with Gasteiger partial charge in [-0.2, -0.15) is 11.2 Å². The lowest BCUT2D eigenvalue weighted by atomic mass is 9.94. The van der Waals surface area contributed by atoms with E-state index >= 15 is 0 Å². The van der Waals surface area contributed by atoms with E-state index in [4.69, 9.17) is 10.5 Å². The minimum absolute atomic E-state index is 0.430. The van der Waals surface area contributed by atoms with Gasteiger partial charge in [0.25, 0.3) is 0 Å². The summed E-state index contributed by atoms with van der Waals surface area (Å²) in [5.41, 5.74) is 9.30. The molecule has 2 nitrogen and oxygen atoms in total. The lowest BCUT2D eigenvalue weighted by Crippen LogP contribution is -2.41. The van der Waals surface area contributed by atoms with Gasteiger partial charge < -0.3 is 10.5 Å². The molecule has 0 radical (unpaired) electrons. The second kappa shape index (κ2) is 8.19. The van der Waals surface area contributed by atoms with E-state index in [1.807, 2.05) is 6.92 Å². The van der Waals surface area contributed by atoms with Crippen LogP contribution in [0.2, 0.25) is 16.6 Å². The molecule has 0 aliphatic carbocycles. The van der Waals surface area contributed by atoms with Gasteiger partial charge in [0, 0.05) is 12.0 Å². The lowest BCUT2D eigenvalue weighted by molar-refractivity contribution is 0.141. The molecule has 1 unspecified atom stereocenters. The van der Waals surface area contributed by atoms with Crippen LogP contribution >= 0.6 is 11.2 Å². The van der Waals surface area contributed by atoms with E-state index in [9.17, 15) is 0 Å². The predicted molar refractivity (Wildman–Crippen MR) is 107 cm³/mol. The van der Waals surface area contributed by atoms with Gasteiger partial charge >= 0.3 is 0 Å². The third-order valence-electron chi connectivity index (χ3n) is 4.96. The van der Waals surface area contributed by atoms with Crippen LogP contribution in [0, 0.1) is 0 Å². The number of benzene rings is 1. The molecular weight excluding hydrogens is 318 g/mol. The Morgan fingerprint density at radius 3 is 1.78 bits per heavy atom. The summed E-state index contributed by atoms with van der Waals surface area (Å²) in [5, 5.41) is 0. The fourth-order valence-corrected chi connectivity index (χ4v) is 13.0.